The second kappa shape index (κ2) is 8.70. The molecule has 0 saturated carbocycles. The first-order chi connectivity index (χ1) is 9.52. The van der Waals surface area contributed by atoms with E-state index in [1.807, 2.05) is 7.05 Å². The molecule has 0 fully saturated rings. The van der Waals surface area contributed by atoms with Crippen LogP contribution in [0.1, 0.15) is 30.9 Å². The summed E-state index contributed by atoms with van der Waals surface area (Å²) in [6.07, 6.45) is 0.756. The molecular weight excluding hydrogens is 257 g/mol. The number of hydrogen-bond donors (Lipinski definition) is 2. The molecule has 1 unspecified atom stereocenters. The van der Waals surface area contributed by atoms with Crippen LogP contribution in [0.15, 0.2) is 18.2 Å². The molecule has 0 heterocycles. The Labute approximate surface area is 120 Å². The van der Waals surface area contributed by atoms with Crippen molar-refractivity contribution in [3.63, 3.8) is 0 Å². The van der Waals surface area contributed by atoms with Gasteiger partial charge in [-0.15, -0.1) is 0 Å². The molecule has 0 aliphatic carbocycles. The lowest BCUT2D eigenvalue weighted by molar-refractivity contribution is 0.163. The number of halogens is 1. The number of nitrogens with zero attached hydrogens (tertiary/aromatic N) is 1. The van der Waals surface area contributed by atoms with Crippen molar-refractivity contribution < 1.29 is 14.6 Å². The molecule has 4 heteroatoms. The summed E-state index contributed by atoms with van der Waals surface area (Å²) in [6.45, 7) is 3.18. The zero-order valence-electron chi connectivity index (χ0n) is 12.1. The average Bonchev–Trinajstić information content (AvgIpc) is 2.39. The van der Waals surface area contributed by atoms with E-state index in [1.165, 1.54) is 12.1 Å². The van der Waals surface area contributed by atoms with Crippen LogP contribution in [0.25, 0.3) is 0 Å². The molecule has 2 N–H and O–H groups in total. The third-order valence-electron chi connectivity index (χ3n) is 2.90. The summed E-state index contributed by atoms with van der Waals surface area (Å²) in [5.41, 5.74) is 1.60. The van der Waals surface area contributed by atoms with E-state index in [1.54, 1.807) is 13.0 Å². The van der Waals surface area contributed by atoms with Gasteiger partial charge < -0.3 is 15.1 Å². The zero-order chi connectivity index (χ0) is 15.0. The highest BCUT2D eigenvalue weighted by atomic mass is 19.1. The molecule has 0 spiro atoms. The molecule has 0 aromatic heterocycles. The maximum absolute atomic E-state index is 13.3. The van der Waals surface area contributed by atoms with Crippen LogP contribution in [0.2, 0.25) is 0 Å². The number of benzene rings is 1. The van der Waals surface area contributed by atoms with Gasteiger partial charge in [0.15, 0.2) is 0 Å². The van der Waals surface area contributed by atoms with Crippen LogP contribution >= 0.6 is 0 Å². The van der Waals surface area contributed by atoms with Gasteiger partial charge in [-0.25, -0.2) is 4.39 Å². The van der Waals surface area contributed by atoms with Gasteiger partial charge in [0.1, 0.15) is 5.82 Å². The second-order valence-electron chi connectivity index (χ2n) is 4.95. The van der Waals surface area contributed by atoms with Gasteiger partial charge in [0.2, 0.25) is 0 Å². The van der Waals surface area contributed by atoms with Gasteiger partial charge in [0.05, 0.1) is 12.7 Å². The first-order valence-electron chi connectivity index (χ1n) is 6.77. The Kier molecular flexibility index (Phi) is 7.24. The highest BCUT2D eigenvalue weighted by molar-refractivity contribution is 5.41. The third kappa shape index (κ3) is 6.16. The largest absolute Gasteiger partial charge is 0.395 e. The molecule has 1 aromatic rings. The summed E-state index contributed by atoms with van der Waals surface area (Å²) in [7, 11) is 1.96. The molecule has 0 amide bonds. The SMILES string of the molecule is CC(O)CCN(C)Cc1ccc(F)cc1C#CCCO. The highest BCUT2D eigenvalue weighted by Gasteiger charge is 2.07. The van der Waals surface area contributed by atoms with Crippen LogP contribution in [0.4, 0.5) is 4.39 Å². The Morgan fingerprint density at radius 2 is 2.15 bits per heavy atom. The zero-order valence-corrected chi connectivity index (χ0v) is 12.1. The van der Waals surface area contributed by atoms with Crippen molar-refractivity contribution in [2.45, 2.75) is 32.4 Å². The molecule has 1 rings (SSSR count). The Bertz CT molecular complexity index is 477. The first kappa shape index (κ1) is 16.6. The number of aliphatic hydroxyl groups excluding tert-OH is 2. The van der Waals surface area contributed by atoms with Crippen LogP contribution in [0.3, 0.4) is 0 Å². The summed E-state index contributed by atoms with van der Waals surface area (Å²) in [4.78, 5) is 2.07. The highest BCUT2D eigenvalue weighted by Crippen LogP contribution is 2.13. The third-order valence-corrected chi connectivity index (χ3v) is 2.90. The molecule has 0 saturated heterocycles. The normalized spacial score (nSPS) is 12.1. The van der Waals surface area contributed by atoms with E-state index >= 15 is 0 Å². The van der Waals surface area contributed by atoms with Crippen molar-refractivity contribution in [1.29, 1.82) is 0 Å². The lowest BCUT2D eigenvalue weighted by atomic mass is 10.1. The van der Waals surface area contributed by atoms with E-state index in [2.05, 4.69) is 16.7 Å². The summed E-state index contributed by atoms with van der Waals surface area (Å²) in [5.74, 6) is 5.41. The van der Waals surface area contributed by atoms with Gasteiger partial charge in [-0.05, 0) is 38.1 Å². The van der Waals surface area contributed by atoms with Crippen molar-refractivity contribution in [2.75, 3.05) is 20.2 Å². The minimum atomic E-state index is -0.325. The van der Waals surface area contributed by atoms with Gasteiger partial charge in [-0.1, -0.05) is 17.9 Å². The van der Waals surface area contributed by atoms with E-state index in [0.29, 0.717) is 24.9 Å². The van der Waals surface area contributed by atoms with Gasteiger partial charge in [0.25, 0.3) is 0 Å². The van der Waals surface area contributed by atoms with Crippen LogP contribution in [0, 0.1) is 17.7 Å². The summed E-state index contributed by atoms with van der Waals surface area (Å²) in [6, 6.07) is 4.58. The lowest BCUT2D eigenvalue weighted by Gasteiger charge is -2.18. The van der Waals surface area contributed by atoms with E-state index in [9.17, 15) is 9.50 Å². The Balaban J connectivity index is 2.76. The quantitative estimate of drug-likeness (QED) is 0.780. The Morgan fingerprint density at radius 3 is 2.80 bits per heavy atom. The summed E-state index contributed by atoms with van der Waals surface area (Å²) in [5, 5.41) is 18.0. The molecule has 1 aromatic carbocycles. The van der Waals surface area contributed by atoms with Gasteiger partial charge in [-0.3, -0.25) is 0 Å². The van der Waals surface area contributed by atoms with E-state index in [-0.39, 0.29) is 18.5 Å². The van der Waals surface area contributed by atoms with Crippen LogP contribution in [-0.2, 0) is 6.54 Å². The average molecular weight is 279 g/mol. The minimum absolute atomic E-state index is 0.00589. The van der Waals surface area contributed by atoms with Gasteiger partial charge >= 0.3 is 0 Å². The second-order valence-corrected chi connectivity index (χ2v) is 4.95. The van der Waals surface area contributed by atoms with Crippen LogP contribution < -0.4 is 0 Å². The first-order valence-corrected chi connectivity index (χ1v) is 6.77. The Morgan fingerprint density at radius 1 is 1.40 bits per heavy atom. The minimum Gasteiger partial charge on any atom is -0.395 e. The topological polar surface area (TPSA) is 43.7 Å². The smallest absolute Gasteiger partial charge is 0.124 e. The maximum Gasteiger partial charge on any atom is 0.124 e. The van der Waals surface area contributed by atoms with Gasteiger partial charge in [-0.2, -0.15) is 0 Å². The fraction of sp³-hybridized carbons (Fsp3) is 0.500. The molecule has 0 aliphatic heterocycles. The van der Waals surface area contributed by atoms with Crippen LogP contribution in [-0.4, -0.2) is 41.4 Å². The molecule has 0 radical (unpaired) electrons. The van der Waals surface area contributed by atoms with Crippen molar-refractivity contribution in [3.8, 4) is 11.8 Å². The molecule has 1 atom stereocenters. The Hall–Kier alpha value is -1.41. The van der Waals surface area contributed by atoms with E-state index in [4.69, 9.17) is 5.11 Å². The van der Waals surface area contributed by atoms with Gasteiger partial charge in [0, 0.05) is 25.1 Å². The van der Waals surface area contributed by atoms with Crippen LogP contribution in [0.5, 0.6) is 0 Å². The predicted octanol–water partition coefficient (Wildman–Crippen LogP) is 1.76. The molecule has 20 heavy (non-hydrogen) atoms. The van der Waals surface area contributed by atoms with Crippen molar-refractivity contribution in [1.82, 2.24) is 4.90 Å². The molecule has 0 bridgehead atoms. The summed E-state index contributed by atoms with van der Waals surface area (Å²) >= 11 is 0. The van der Waals surface area contributed by atoms with Crippen molar-refractivity contribution in [3.05, 3.63) is 35.1 Å². The fourth-order valence-corrected chi connectivity index (χ4v) is 1.79. The maximum atomic E-state index is 13.3. The van der Waals surface area contributed by atoms with E-state index < -0.39 is 0 Å². The molecule has 110 valence electrons. The van der Waals surface area contributed by atoms with E-state index in [0.717, 1.165) is 12.1 Å². The standard InChI is InChI=1S/C16H22FNO2/c1-13(20)8-9-18(2)12-15-6-7-16(17)11-14(15)5-3-4-10-19/h6-7,11,13,19-20H,4,8-10,12H2,1-2H3. The lowest BCUT2D eigenvalue weighted by Crippen LogP contribution is -2.22. The monoisotopic (exact) mass is 279 g/mol. The number of rotatable bonds is 6. The van der Waals surface area contributed by atoms with Crippen molar-refractivity contribution >= 4 is 0 Å². The predicted molar refractivity (Wildman–Crippen MR) is 77.6 cm³/mol. The number of hydrogen-bond acceptors (Lipinski definition) is 3. The summed E-state index contributed by atoms with van der Waals surface area (Å²) < 4.78 is 13.3. The van der Waals surface area contributed by atoms with Crippen molar-refractivity contribution in [2.24, 2.45) is 0 Å². The molecule has 0 aliphatic rings. The molecule has 3 nitrogen and oxygen atoms in total. The molecular formula is C16H22FNO2. The fourth-order valence-electron chi connectivity index (χ4n) is 1.79. The number of aliphatic hydroxyl groups is 2.